The summed E-state index contributed by atoms with van der Waals surface area (Å²) in [6.07, 6.45) is 4.06. The van der Waals surface area contributed by atoms with E-state index in [0.717, 1.165) is 6.26 Å². The average molecular weight is 160 g/mol. The fourth-order valence-corrected chi connectivity index (χ4v) is 1.18. The summed E-state index contributed by atoms with van der Waals surface area (Å²) >= 11 is 0. The van der Waals surface area contributed by atoms with Crippen molar-refractivity contribution in [3.8, 4) is 0 Å². The Morgan fingerprint density at radius 1 is 1.60 bits per heavy atom. The number of imidazole rings is 1. The topological polar surface area (TPSA) is 52.0 Å². The minimum Gasteiger partial charge on any atom is -0.339 e. The van der Waals surface area contributed by atoms with Crippen LogP contribution in [0, 0.1) is 0 Å². The van der Waals surface area contributed by atoms with E-state index in [9.17, 15) is 8.42 Å². The molecule has 0 aliphatic rings. The molecule has 0 bridgehead atoms. The van der Waals surface area contributed by atoms with Gasteiger partial charge < -0.3 is 4.57 Å². The van der Waals surface area contributed by atoms with Crippen LogP contribution in [0.2, 0.25) is 0 Å². The van der Waals surface area contributed by atoms with Crippen molar-refractivity contribution in [3.63, 3.8) is 0 Å². The molecule has 0 aliphatic heterocycles. The summed E-state index contributed by atoms with van der Waals surface area (Å²) in [5.41, 5.74) is 0. The zero-order valence-electron chi connectivity index (χ0n) is 5.77. The van der Waals surface area contributed by atoms with E-state index in [1.807, 2.05) is 0 Å². The Kier molecular flexibility index (Phi) is 1.52. The summed E-state index contributed by atoms with van der Waals surface area (Å²) < 4.78 is 23.1. The lowest BCUT2D eigenvalue weighted by atomic mass is 10.9. The number of sulfone groups is 1. The molecule has 10 heavy (non-hydrogen) atoms. The Balaban J connectivity index is 3.21. The molecule has 0 N–H and O–H groups in total. The molecule has 1 aromatic heterocycles. The second kappa shape index (κ2) is 2.09. The second-order valence-corrected chi connectivity index (χ2v) is 4.11. The maximum atomic E-state index is 10.8. The first-order valence-corrected chi connectivity index (χ1v) is 4.57. The molecule has 1 aromatic rings. The van der Waals surface area contributed by atoms with Gasteiger partial charge in [-0.15, -0.1) is 0 Å². The molecular weight excluding hydrogens is 152 g/mol. The molecule has 0 spiro atoms. The first-order chi connectivity index (χ1) is 4.50. The van der Waals surface area contributed by atoms with Crippen LogP contribution < -0.4 is 0 Å². The zero-order valence-corrected chi connectivity index (χ0v) is 6.59. The lowest BCUT2D eigenvalue weighted by Gasteiger charge is -1.86. The molecular formula is C5H8N2O2S. The number of hydrogen-bond donors (Lipinski definition) is 0. The number of rotatable bonds is 1. The molecule has 0 amide bonds. The van der Waals surface area contributed by atoms with Gasteiger partial charge in [0.15, 0.2) is 14.9 Å². The van der Waals surface area contributed by atoms with Gasteiger partial charge >= 0.3 is 0 Å². The minimum absolute atomic E-state index is 0.120. The summed E-state index contributed by atoms with van der Waals surface area (Å²) in [4.78, 5) is 3.66. The Morgan fingerprint density at radius 2 is 2.20 bits per heavy atom. The largest absolute Gasteiger partial charge is 0.339 e. The van der Waals surface area contributed by atoms with Gasteiger partial charge in [0.05, 0.1) is 6.33 Å². The van der Waals surface area contributed by atoms with Crippen molar-refractivity contribution in [1.82, 2.24) is 9.55 Å². The van der Waals surface area contributed by atoms with Gasteiger partial charge in [-0.25, -0.2) is 13.4 Å². The molecule has 4 nitrogen and oxygen atoms in total. The van der Waals surface area contributed by atoms with Crippen LogP contribution in [0.3, 0.4) is 0 Å². The monoisotopic (exact) mass is 160 g/mol. The second-order valence-electron chi connectivity index (χ2n) is 2.15. The molecule has 1 rings (SSSR count). The molecule has 0 aliphatic carbocycles. The maximum absolute atomic E-state index is 10.8. The van der Waals surface area contributed by atoms with E-state index < -0.39 is 9.84 Å². The highest BCUT2D eigenvalue weighted by Crippen LogP contribution is 2.01. The molecule has 0 fully saturated rings. The van der Waals surface area contributed by atoms with Crippen LogP contribution in [0.5, 0.6) is 0 Å². The van der Waals surface area contributed by atoms with Crippen molar-refractivity contribution in [1.29, 1.82) is 0 Å². The van der Waals surface area contributed by atoms with Crippen molar-refractivity contribution in [2.75, 3.05) is 6.26 Å². The first kappa shape index (κ1) is 7.27. The molecule has 0 radical (unpaired) electrons. The van der Waals surface area contributed by atoms with Gasteiger partial charge in [0, 0.05) is 19.5 Å². The lowest BCUT2D eigenvalue weighted by Crippen LogP contribution is -1.96. The zero-order chi connectivity index (χ0) is 7.78. The fourth-order valence-electron chi connectivity index (χ4n) is 0.580. The molecule has 5 heteroatoms. The van der Waals surface area contributed by atoms with Crippen molar-refractivity contribution in [2.24, 2.45) is 7.05 Å². The summed E-state index contributed by atoms with van der Waals surface area (Å²) in [7, 11) is -1.39. The highest BCUT2D eigenvalue weighted by molar-refractivity contribution is 7.90. The summed E-state index contributed by atoms with van der Waals surface area (Å²) in [6, 6.07) is 0. The number of aryl methyl sites for hydroxylation is 1. The van der Waals surface area contributed by atoms with Gasteiger partial charge in [0.1, 0.15) is 0 Å². The van der Waals surface area contributed by atoms with Crippen LogP contribution >= 0.6 is 0 Å². The quantitative estimate of drug-likeness (QED) is 0.572. The summed E-state index contributed by atoms with van der Waals surface area (Å²) in [6.45, 7) is 0. The van der Waals surface area contributed by atoms with E-state index in [4.69, 9.17) is 0 Å². The number of aromatic nitrogens is 2. The third-order valence-electron chi connectivity index (χ3n) is 1.06. The van der Waals surface area contributed by atoms with E-state index in [0.29, 0.717) is 0 Å². The predicted molar refractivity (Wildman–Crippen MR) is 36.3 cm³/mol. The van der Waals surface area contributed by atoms with Gasteiger partial charge in [-0.1, -0.05) is 0 Å². The molecule has 0 unspecified atom stereocenters. The predicted octanol–water partition coefficient (Wildman–Crippen LogP) is -0.176. The van der Waals surface area contributed by atoms with E-state index in [2.05, 4.69) is 4.98 Å². The molecule has 56 valence electrons. The average Bonchev–Trinajstić information content (AvgIpc) is 2.11. The van der Waals surface area contributed by atoms with Crippen LogP contribution in [0.4, 0.5) is 0 Å². The smallest absolute Gasteiger partial charge is 0.194 e. The summed E-state index contributed by atoms with van der Waals surface area (Å²) in [5.74, 6) is 0. The highest BCUT2D eigenvalue weighted by Gasteiger charge is 2.08. The third-order valence-corrected chi connectivity index (χ3v) is 2.03. The molecule has 0 aromatic carbocycles. The van der Waals surface area contributed by atoms with E-state index >= 15 is 0 Å². The fraction of sp³-hybridized carbons (Fsp3) is 0.400. The van der Waals surface area contributed by atoms with Gasteiger partial charge in [0.2, 0.25) is 0 Å². The Labute approximate surface area is 59.4 Å². The van der Waals surface area contributed by atoms with Crippen LogP contribution in [-0.2, 0) is 16.9 Å². The van der Waals surface area contributed by atoms with Gasteiger partial charge in [-0.2, -0.15) is 0 Å². The van der Waals surface area contributed by atoms with Crippen LogP contribution in [0.15, 0.2) is 17.6 Å². The Hall–Kier alpha value is -0.840. The SMILES string of the molecule is Cn1cnc(S(C)(=O)=O)c1. The maximum Gasteiger partial charge on any atom is 0.194 e. The third kappa shape index (κ3) is 1.36. The van der Waals surface area contributed by atoms with Crippen molar-refractivity contribution < 1.29 is 8.42 Å². The van der Waals surface area contributed by atoms with Crippen molar-refractivity contribution in [3.05, 3.63) is 12.5 Å². The molecule has 0 saturated heterocycles. The normalized spacial score (nSPS) is 11.8. The Morgan fingerprint density at radius 3 is 2.40 bits per heavy atom. The number of hydrogen-bond acceptors (Lipinski definition) is 3. The van der Waals surface area contributed by atoms with Crippen LogP contribution in [0.25, 0.3) is 0 Å². The Bertz CT molecular complexity index is 325. The van der Waals surface area contributed by atoms with E-state index in [1.165, 1.54) is 12.5 Å². The van der Waals surface area contributed by atoms with Gasteiger partial charge in [0.25, 0.3) is 0 Å². The molecule has 0 atom stereocenters. The van der Waals surface area contributed by atoms with E-state index in [-0.39, 0.29) is 5.03 Å². The van der Waals surface area contributed by atoms with Gasteiger partial charge in [-0.05, 0) is 0 Å². The molecule has 0 saturated carbocycles. The first-order valence-electron chi connectivity index (χ1n) is 2.68. The van der Waals surface area contributed by atoms with Crippen molar-refractivity contribution in [2.45, 2.75) is 5.03 Å². The lowest BCUT2D eigenvalue weighted by molar-refractivity contribution is 0.599. The van der Waals surface area contributed by atoms with Crippen molar-refractivity contribution >= 4 is 9.84 Å². The summed E-state index contributed by atoms with van der Waals surface area (Å²) in [5, 5.41) is 0.120. The van der Waals surface area contributed by atoms with E-state index in [1.54, 1.807) is 11.6 Å². The van der Waals surface area contributed by atoms with Crippen LogP contribution in [0.1, 0.15) is 0 Å². The molecule has 1 heterocycles. The standard InChI is InChI=1S/C5H8N2O2S/c1-7-3-5(6-4-7)10(2,8)9/h3-4H,1-2H3. The minimum atomic E-state index is -3.11. The van der Waals surface area contributed by atoms with Gasteiger partial charge in [-0.3, -0.25) is 0 Å². The van der Waals surface area contributed by atoms with Crippen LogP contribution in [-0.4, -0.2) is 24.2 Å². The number of nitrogens with zero attached hydrogens (tertiary/aromatic N) is 2. The highest BCUT2D eigenvalue weighted by atomic mass is 32.2.